The first-order valence-electron chi connectivity index (χ1n) is 7.37. The molecule has 1 heteroatoms. The molecule has 2 aromatic rings. The first-order valence-corrected chi connectivity index (χ1v) is 7.37. The predicted molar refractivity (Wildman–Crippen MR) is 88.8 cm³/mol. The first kappa shape index (κ1) is 13.8. The van der Waals surface area contributed by atoms with Crippen LogP contribution in [0.1, 0.15) is 31.4 Å². The molecule has 2 aromatic carbocycles. The summed E-state index contributed by atoms with van der Waals surface area (Å²) in [5, 5.41) is 9.61. The molecule has 0 aromatic heterocycles. The van der Waals surface area contributed by atoms with Crippen LogP contribution in [0.3, 0.4) is 0 Å². The van der Waals surface area contributed by atoms with Gasteiger partial charge in [-0.2, -0.15) is 0 Å². The molecule has 0 amide bonds. The van der Waals surface area contributed by atoms with Crippen LogP contribution < -0.4 is 0 Å². The molecule has 21 heavy (non-hydrogen) atoms. The van der Waals surface area contributed by atoms with Crippen molar-refractivity contribution in [1.82, 2.24) is 0 Å². The van der Waals surface area contributed by atoms with Gasteiger partial charge in [0.05, 0.1) is 6.61 Å². The average Bonchev–Trinajstić information content (AvgIpc) is 2.87. The SMILES string of the molecule is CC1=CCC(c2ccccc2-c2ccccc2CO)=C1C. The van der Waals surface area contributed by atoms with Crippen LogP contribution in [0.5, 0.6) is 0 Å². The van der Waals surface area contributed by atoms with Crippen LogP contribution in [-0.2, 0) is 6.61 Å². The van der Waals surface area contributed by atoms with E-state index in [2.05, 4.69) is 50.3 Å². The minimum Gasteiger partial charge on any atom is -0.392 e. The highest BCUT2D eigenvalue weighted by Crippen LogP contribution is 2.38. The van der Waals surface area contributed by atoms with Crippen LogP contribution in [0, 0.1) is 0 Å². The summed E-state index contributed by atoms with van der Waals surface area (Å²) in [6.45, 7) is 4.44. The van der Waals surface area contributed by atoms with Crippen molar-refractivity contribution in [3.8, 4) is 11.1 Å². The number of rotatable bonds is 3. The Morgan fingerprint density at radius 2 is 1.48 bits per heavy atom. The molecule has 1 N–H and O–H groups in total. The molecule has 3 rings (SSSR count). The van der Waals surface area contributed by atoms with Crippen LogP contribution in [0.2, 0.25) is 0 Å². The second kappa shape index (κ2) is 5.71. The Morgan fingerprint density at radius 3 is 2.10 bits per heavy atom. The van der Waals surface area contributed by atoms with Crippen molar-refractivity contribution in [1.29, 1.82) is 0 Å². The van der Waals surface area contributed by atoms with E-state index in [1.807, 2.05) is 18.2 Å². The molecule has 0 radical (unpaired) electrons. The van der Waals surface area contributed by atoms with E-state index < -0.39 is 0 Å². The van der Waals surface area contributed by atoms with Crippen molar-refractivity contribution in [3.63, 3.8) is 0 Å². The Kier molecular flexibility index (Phi) is 3.76. The molecule has 0 fully saturated rings. The maximum atomic E-state index is 9.61. The van der Waals surface area contributed by atoms with Crippen molar-refractivity contribution < 1.29 is 5.11 Å². The van der Waals surface area contributed by atoms with Crippen LogP contribution in [0.25, 0.3) is 16.7 Å². The third kappa shape index (κ3) is 2.45. The number of allylic oxidation sites excluding steroid dienone is 4. The topological polar surface area (TPSA) is 20.2 Å². The van der Waals surface area contributed by atoms with Gasteiger partial charge in [-0.1, -0.05) is 60.2 Å². The van der Waals surface area contributed by atoms with Crippen molar-refractivity contribution in [3.05, 3.63) is 76.9 Å². The number of hydrogen-bond donors (Lipinski definition) is 1. The van der Waals surface area contributed by atoms with Crippen LogP contribution in [0.15, 0.2) is 65.8 Å². The third-order valence-corrected chi connectivity index (χ3v) is 4.39. The zero-order chi connectivity index (χ0) is 14.8. The average molecular weight is 276 g/mol. The number of benzene rings is 2. The monoisotopic (exact) mass is 276 g/mol. The molecule has 0 unspecified atom stereocenters. The van der Waals surface area contributed by atoms with Gasteiger partial charge in [0.2, 0.25) is 0 Å². The third-order valence-electron chi connectivity index (χ3n) is 4.39. The summed E-state index contributed by atoms with van der Waals surface area (Å²) in [5.74, 6) is 0. The maximum Gasteiger partial charge on any atom is 0.0687 e. The molecule has 0 atom stereocenters. The molecule has 1 nitrogen and oxygen atoms in total. The summed E-state index contributed by atoms with van der Waals surface area (Å²) >= 11 is 0. The van der Waals surface area contributed by atoms with Crippen molar-refractivity contribution in [2.75, 3.05) is 0 Å². The quantitative estimate of drug-likeness (QED) is 0.839. The Bertz CT molecular complexity index is 735. The molecule has 0 saturated heterocycles. The molecule has 1 aliphatic rings. The van der Waals surface area contributed by atoms with Gasteiger partial charge in [0, 0.05) is 0 Å². The highest BCUT2D eigenvalue weighted by Gasteiger charge is 2.16. The second-order valence-corrected chi connectivity index (χ2v) is 5.56. The van der Waals surface area contributed by atoms with Crippen molar-refractivity contribution in [2.45, 2.75) is 26.9 Å². The normalized spacial score (nSPS) is 14.5. The summed E-state index contributed by atoms with van der Waals surface area (Å²) in [6, 6.07) is 16.6. The molecule has 0 aliphatic heterocycles. The Hall–Kier alpha value is -2.12. The lowest BCUT2D eigenvalue weighted by molar-refractivity contribution is 0.282. The van der Waals surface area contributed by atoms with Gasteiger partial charge < -0.3 is 5.11 Å². The van der Waals surface area contributed by atoms with E-state index in [0.717, 1.165) is 17.5 Å². The highest BCUT2D eigenvalue weighted by atomic mass is 16.3. The van der Waals surface area contributed by atoms with Gasteiger partial charge in [-0.25, -0.2) is 0 Å². The van der Waals surface area contributed by atoms with E-state index >= 15 is 0 Å². The van der Waals surface area contributed by atoms with Crippen LogP contribution in [0.4, 0.5) is 0 Å². The smallest absolute Gasteiger partial charge is 0.0687 e. The van der Waals surface area contributed by atoms with Crippen molar-refractivity contribution >= 4 is 5.57 Å². The molecule has 0 spiro atoms. The molecular formula is C20H20O. The number of aliphatic hydroxyl groups is 1. The van der Waals surface area contributed by atoms with E-state index in [1.165, 1.54) is 27.8 Å². The standard InChI is InChI=1S/C20H20O/c1-14-11-12-17(15(14)2)19-9-5-6-10-20(19)18-8-4-3-7-16(18)13-21/h3-11,21H,12-13H2,1-2H3. The highest BCUT2D eigenvalue weighted by molar-refractivity contribution is 5.87. The summed E-state index contributed by atoms with van der Waals surface area (Å²) in [6.07, 6.45) is 3.29. The Morgan fingerprint density at radius 1 is 0.857 bits per heavy atom. The summed E-state index contributed by atoms with van der Waals surface area (Å²) in [7, 11) is 0. The van der Waals surface area contributed by atoms with Gasteiger partial charge in [-0.05, 0) is 53.7 Å². The lowest BCUT2D eigenvalue weighted by atomic mass is 9.90. The largest absolute Gasteiger partial charge is 0.392 e. The molecule has 0 bridgehead atoms. The van der Waals surface area contributed by atoms with Crippen LogP contribution >= 0.6 is 0 Å². The fourth-order valence-corrected chi connectivity index (χ4v) is 3.01. The number of hydrogen-bond acceptors (Lipinski definition) is 1. The zero-order valence-corrected chi connectivity index (χ0v) is 12.6. The van der Waals surface area contributed by atoms with Gasteiger partial charge in [-0.3, -0.25) is 0 Å². The molecule has 106 valence electrons. The van der Waals surface area contributed by atoms with E-state index in [-0.39, 0.29) is 6.61 Å². The fraction of sp³-hybridized carbons (Fsp3) is 0.200. The second-order valence-electron chi connectivity index (χ2n) is 5.56. The molecule has 1 aliphatic carbocycles. The van der Waals surface area contributed by atoms with Gasteiger partial charge in [0.25, 0.3) is 0 Å². The molecular weight excluding hydrogens is 256 g/mol. The molecule has 0 heterocycles. The van der Waals surface area contributed by atoms with Gasteiger partial charge >= 0.3 is 0 Å². The van der Waals surface area contributed by atoms with E-state index in [4.69, 9.17) is 0 Å². The minimum atomic E-state index is 0.0693. The van der Waals surface area contributed by atoms with E-state index in [9.17, 15) is 5.11 Å². The fourth-order valence-electron chi connectivity index (χ4n) is 3.01. The van der Waals surface area contributed by atoms with Crippen LogP contribution in [-0.4, -0.2) is 5.11 Å². The van der Waals surface area contributed by atoms with Crippen molar-refractivity contribution in [2.24, 2.45) is 0 Å². The minimum absolute atomic E-state index is 0.0693. The Balaban J connectivity index is 2.18. The van der Waals surface area contributed by atoms with E-state index in [0.29, 0.717) is 0 Å². The summed E-state index contributed by atoms with van der Waals surface area (Å²) in [5.41, 5.74) is 8.74. The molecule has 0 saturated carbocycles. The van der Waals surface area contributed by atoms with Gasteiger partial charge in [0.1, 0.15) is 0 Å². The summed E-state index contributed by atoms with van der Waals surface area (Å²) in [4.78, 5) is 0. The summed E-state index contributed by atoms with van der Waals surface area (Å²) < 4.78 is 0. The van der Waals surface area contributed by atoms with Gasteiger partial charge in [0.15, 0.2) is 0 Å². The maximum absolute atomic E-state index is 9.61. The van der Waals surface area contributed by atoms with Gasteiger partial charge in [-0.15, -0.1) is 0 Å². The lowest BCUT2D eigenvalue weighted by Gasteiger charge is -2.15. The first-order chi connectivity index (χ1) is 10.2. The van der Waals surface area contributed by atoms with E-state index in [1.54, 1.807) is 0 Å². The number of aliphatic hydroxyl groups excluding tert-OH is 1. The lowest BCUT2D eigenvalue weighted by Crippen LogP contribution is -1.94. The zero-order valence-electron chi connectivity index (χ0n) is 12.6. The Labute approximate surface area is 126 Å². The predicted octanol–water partition coefficient (Wildman–Crippen LogP) is 4.97.